The Kier molecular flexibility index (Phi) is 6.06. The number of carbonyl (C=O) groups is 1. The van der Waals surface area contributed by atoms with Gasteiger partial charge in [0.05, 0.1) is 7.05 Å². The summed E-state index contributed by atoms with van der Waals surface area (Å²) in [6.45, 7) is 10.5. The lowest BCUT2D eigenvalue weighted by atomic mass is 10.1. The van der Waals surface area contributed by atoms with Crippen LogP contribution in [0.4, 0.5) is 4.79 Å². The lowest BCUT2D eigenvalue weighted by Crippen LogP contribution is -2.37. The van der Waals surface area contributed by atoms with Crippen LogP contribution in [0.15, 0.2) is 18.7 Å². The van der Waals surface area contributed by atoms with Gasteiger partial charge in [0.1, 0.15) is 12.4 Å². The van der Waals surface area contributed by atoms with Crippen LogP contribution in [0.2, 0.25) is 0 Å². The number of hydrogen-bond donors (Lipinski definition) is 0. The molecule has 4 heteroatoms. The van der Waals surface area contributed by atoms with Gasteiger partial charge < -0.3 is 4.90 Å². The van der Waals surface area contributed by atoms with Gasteiger partial charge in [-0.2, -0.15) is 4.57 Å². The first kappa shape index (κ1) is 15.7. The fraction of sp³-hybridized carbons (Fsp3) is 0.733. The number of rotatable bonds is 6. The van der Waals surface area contributed by atoms with Crippen LogP contribution in [-0.2, 0) is 7.05 Å². The Labute approximate surface area is 117 Å². The topological polar surface area (TPSA) is 29.1 Å². The lowest BCUT2D eigenvalue weighted by molar-refractivity contribution is -0.670. The van der Waals surface area contributed by atoms with Gasteiger partial charge in [0, 0.05) is 13.1 Å². The van der Waals surface area contributed by atoms with E-state index >= 15 is 0 Å². The number of aryl methyl sites for hydroxylation is 1. The fourth-order valence-corrected chi connectivity index (χ4v) is 1.86. The first-order valence-electron chi connectivity index (χ1n) is 7.22. The first-order chi connectivity index (χ1) is 8.90. The van der Waals surface area contributed by atoms with Crippen molar-refractivity contribution in [2.45, 2.75) is 40.5 Å². The second-order valence-corrected chi connectivity index (χ2v) is 6.12. The fourth-order valence-electron chi connectivity index (χ4n) is 1.86. The highest BCUT2D eigenvalue weighted by Gasteiger charge is 2.20. The Bertz CT molecular complexity index is 384. The number of amides is 1. The number of nitrogens with zero attached hydrogens (tertiary/aromatic N) is 3. The molecule has 1 amide bonds. The van der Waals surface area contributed by atoms with Gasteiger partial charge in [-0.3, -0.25) is 0 Å². The predicted octanol–water partition coefficient (Wildman–Crippen LogP) is 2.67. The van der Waals surface area contributed by atoms with Crippen molar-refractivity contribution >= 4 is 6.03 Å². The van der Waals surface area contributed by atoms with Gasteiger partial charge in [0.25, 0.3) is 6.33 Å². The molecule has 108 valence electrons. The summed E-state index contributed by atoms with van der Waals surface area (Å²) in [6.07, 6.45) is 7.63. The molecular weight excluding hydrogens is 238 g/mol. The maximum Gasteiger partial charge on any atom is 0.415 e. The molecule has 0 aliphatic carbocycles. The van der Waals surface area contributed by atoms with Crippen LogP contribution in [0.1, 0.15) is 40.5 Å². The molecule has 0 fully saturated rings. The van der Waals surface area contributed by atoms with Crippen LogP contribution in [-0.4, -0.2) is 28.6 Å². The van der Waals surface area contributed by atoms with Crippen molar-refractivity contribution < 1.29 is 9.36 Å². The average molecular weight is 266 g/mol. The summed E-state index contributed by atoms with van der Waals surface area (Å²) in [5.41, 5.74) is 0. The minimum atomic E-state index is 0.0851. The van der Waals surface area contributed by atoms with Gasteiger partial charge in [-0.05, 0) is 24.7 Å². The maximum atomic E-state index is 12.5. The largest absolute Gasteiger partial charge is 0.415 e. The van der Waals surface area contributed by atoms with E-state index in [-0.39, 0.29) is 6.03 Å². The van der Waals surface area contributed by atoms with Crippen molar-refractivity contribution in [3.63, 3.8) is 0 Å². The zero-order valence-electron chi connectivity index (χ0n) is 13.0. The van der Waals surface area contributed by atoms with E-state index in [9.17, 15) is 4.79 Å². The molecular formula is C15H28N3O+. The minimum absolute atomic E-state index is 0.0851. The summed E-state index contributed by atoms with van der Waals surface area (Å²) in [7, 11) is 1.93. The molecule has 0 spiro atoms. The summed E-state index contributed by atoms with van der Waals surface area (Å²) in [6, 6.07) is 0.0851. The van der Waals surface area contributed by atoms with E-state index < -0.39 is 0 Å². The summed E-state index contributed by atoms with van der Waals surface area (Å²) in [5.74, 6) is 1.24. The van der Waals surface area contributed by atoms with Crippen LogP contribution < -0.4 is 4.57 Å². The second kappa shape index (κ2) is 7.31. The molecule has 0 saturated heterocycles. The van der Waals surface area contributed by atoms with E-state index in [1.165, 1.54) is 0 Å². The normalized spacial score (nSPS) is 11.3. The highest BCUT2D eigenvalue weighted by atomic mass is 16.2. The molecule has 19 heavy (non-hydrogen) atoms. The summed E-state index contributed by atoms with van der Waals surface area (Å²) in [5, 5.41) is 0. The number of aromatic nitrogens is 2. The van der Waals surface area contributed by atoms with Crippen molar-refractivity contribution in [3.8, 4) is 0 Å². The smallest absolute Gasteiger partial charge is 0.304 e. The average Bonchev–Trinajstić information content (AvgIpc) is 2.74. The number of carbonyl (C=O) groups excluding carboxylic acids is 1. The van der Waals surface area contributed by atoms with Crippen LogP contribution >= 0.6 is 0 Å². The van der Waals surface area contributed by atoms with Gasteiger partial charge in [-0.25, -0.2) is 9.36 Å². The highest BCUT2D eigenvalue weighted by molar-refractivity contribution is 5.76. The van der Waals surface area contributed by atoms with Crippen molar-refractivity contribution in [3.05, 3.63) is 18.7 Å². The molecule has 1 heterocycles. The molecule has 0 saturated carbocycles. The maximum absolute atomic E-state index is 12.5. The monoisotopic (exact) mass is 266 g/mol. The van der Waals surface area contributed by atoms with Gasteiger partial charge in [-0.15, -0.1) is 0 Å². The standard InChI is InChI=1S/C15H28N3O/c1-13(2)6-8-17(9-7-14(3)4)15(19)18-11-10-16(5)12-18/h10-14H,6-9H2,1-5H3/q+1. The molecule has 0 aliphatic heterocycles. The van der Waals surface area contributed by atoms with Crippen molar-refractivity contribution in [2.75, 3.05) is 13.1 Å². The Morgan fingerprint density at radius 2 is 1.68 bits per heavy atom. The molecule has 4 nitrogen and oxygen atoms in total. The van der Waals surface area contributed by atoms with Crippen molar-refractivity contribution in [1.29, 1.82) is 0 Å². The summed E-state index contributed by atoms with van der Waals surface area (Å²) in [4.78, 5) is 14.4. The zero-order valence-corrected chi connectivity index (χ0v) is 13.0. The third kappa shape index (κ3) is 5.45. The van der Waals surface area contributed by atoms with Gasteiger partial charge in [0.2, 0.25) is 0 Å². The molecule has 0 radical (unpaired) electrons. The van der Waals surface area contributed by atoms with E-state index in [2.05, 4.69) is 27.7 Å². The van der Waals surface area contributed by atoms with Gasteiger partial charge in [0.15, 0.2) is 0 Å². The summed E-state index contributed by atoms with van der Waals surface area (Å²) >= 11 is 0. The molecule has 0 aliphatic rings. The Balaban J connectivity index is 2.68. The SMILES string of the molecule is CC(C)CCN(CCC(C)C)C(=O)n1cc[n+](C)c1. The molecule has 0 bridgehead atoms. The van der Waals surface area contributed by atoms with E-state index in [0.29, 0.717) is 11.8 Å². The molecule has 1 aromatic heterocycles. The lowest BCUT2D eigenvalue weighted by Gasteiger charge is -2.21. The quantitative estimate of drug-likeness (QED) is 0.728. The molecule has 1 aromatic rings. The van der Waals surface area contributed by atoms with E-state index in [4.69, 9.17) is 0 Å². The van der Waals surface area contributed by atoms with Crippen molar-refractivity contribution in [1.82, 2.24) is 9.47 Å². The molecule has 0 N–H and O–H groups in total. The minimum Gasteiger partial charge on any atom is -0.304 e. The Hall–Kier alpha value is -1.32. The highest BCUT2D eigenvalue weighted by Crippen LogP contribution is 2.08. The first-order valence-corrected chi connectivity index (χ1v) is 7.22. The Morgan fingerprint density at radius 1 is 1.16 bits per heavy atom. The van der Waals surface area contributed by atoms with E-state index in [0.717, 1.165) is 25.9 Å². The van der Waals surface area contributed by atoms with Crippen LogP contribution in [0.3, 0.4) is 0 Å². The van der Waals surface area contributed by atoms with Crippen LogP contribution in [0.5, 0.6) is 0 Å². The van der Waals surface area contributed by atoms with Crippen LogP contribution in [0, 0.1) is 11.8 Å². The van der Waals surface area contributed by atoms with Gasteiger partial charge >= 0.3 is 6.03 Å². The predicted molar refractivity (Wildman–Crippen MR) is 76.9 cm³/mol. The molecule has 0 unspecified atom stereocenters. The third-order valence-corrected chi connectivity index (χ3v) is 3.21. The third-order valence-electron chi connectivity index (χ3n) is 3.21. The van der Waals surface area contributed by atoms with Crippen LogP contribution in [0.25, 0.3) is 0 Å². The zero-order chi connectivity index (χ0) is 14.4. The Morgan fingerprint density at radius 3 is 2.05 bits per heavy atom. The summed E-state index contributed by atoms with van der Waals surface area (Å²) < 4.78 is 3.56. The number of hydrogen-bond acceptors (Lipinski definition) is 1. The van der Waals surface area contributed by atoms with E-state index in [1.54, 1.807) is 4.57 Å². The molecule has 0 aromatic carbocycles. The number of imidazole rings is 1. The molecule has 1 rings (SSSR count). The van der Waals surface area contributed by atoms with E-state index in [1.807, 2.05) is 35.2 Å². The molecule has 0 atom stereocenters. The second-order valence-electron chi connectivity index (χ2n) is 6.12. The van der Waals surface area contributed by atoms with Gasteiger partial charge in [-0.1, -0.05) is 27.7 Å². The van der Waals surface area contributed by atoms with Crippen molar-refractivity contribution in [2.24, 2.45) is 18.9 Å².